The molecule has 156 valence electrons. The zero-order valence-corrected chi connectivity index (χ0v) is 17.0. The second-order valence-electron chi connectivity index (χ2n) is 6.42. The number of piperazine rings is 1. The molecule has 0 atom stereocenters. The lowest BCUT2D eigenvalue weighted by Gasteiger charge is -2.31. The van der Waals surface area contributed by atoms with E-state index in [0.717, 1.165) is 23.6 Å². The van der Waals surface area contributed by atoms with Crippen molar-refractivity contribution in [3.05, 3.63) is 17.7 Å². The highest BCUT2D eigenvalue weighted by molar-refractivity contribution is 5.77. The zero-order valence-electron chi connectivity index (χ0n) is 17.0. The fourth-order valence-electron chi connectivity index (χ4n) is 3.12. The number of ether oxygens (including phenoxy) is 4. The molecule has 0 unspecified atom stereocenters. The van der Waals surface area contributed by atoms with Crippen LogP contribution in [0.1, 0.15) is 12.5 Å². The van der Waals surface area contributed by atoms with Crippen molar-refractivity contribution in [2.24, 2.45) is 0 Å². The number of carbonyl (C=O) groups is 2. The Labute approximate surface area is 165 Å². The molecule has 0 aromatic heterocycles. The smallest absolute Gasteiger partial charge is 0.410 e. The minimum absolute atomic E-state index is 0.0478. The normalized spacial score (nSPS) is 14.4. The largest absolute Gasteiger partial charge is 0.493 e. The molecule has 2 N–H and O–H groups in total. The van der Waals surface area contributed by atoms with Crippen LogP contribution in [0.5, 0.6) is 17.2 Å². The van der Waals surface area contributed by atoms with Crippen molar-refractivity contribution in [1.82, 2.24) is 10.2 Å². The first-order valence-corrected chi connectivity index (χ1v) is 9.33. The summed E-state index contributed by atoms with van der Waals surface area (Å²) in [6, 6.07) is 3.62. The molecule has 0 radical (unpaired) electrons. The van der Waals surface area contributed by atoms with Crippen molar-refractivity contribution in [2.45, 2.75) is 13.5 Å². The molecule has 1 aromatic carbocycles. The number of quaternary nitrogens is 1. The van der Waals surface area contributed by atoms with Gasteiger partial charge in [-0.25, -0.2) is 4.79 Å². The molecule has 0 saturated carbocycles. The molecule has 0 bridgehead atoms. The Balaban J connectivity index is 1.84. The lowest BCUT2D eigenvalue weighted by atomic mass is 10.1. The molecular weight excluding hydrogens is 366 g/mol. The molecule has 1 aliphatic heterocycles. The summed E-state index contributed by atoms with van der Waals surface area (Å²) in [7, 11) is 4.66. The van der Waals surface area contributed by atoms with Gasteiger partial charge in [-0.15, -0.1) is 0 Å². The van der Waals surface area contributed by atoms with Gasteiger partial charge in [-0.3, -0.25) is 9.69 Å². The van der Waals surface area contributed by atoms with Crippen LogP contribution < -0.4 is 24.4 Å². The van der Waals surface area contributed by atoms with E-state index in [2.05, 4.69) is 5.32 Å². The van der Waals surface area contributed by atoms with E-state index < -0.39 is 0 Å². The van der Waals surface area contributed by atoms with Crippen LogP contribution in [0.15, 0.2) is 12.1 Å². The summed E-state index contributed by atoms with van der Waals surface area (Å²) < 4.78 is 21.0. The van der Waals surface area contributed by atoms with E-state index in [1.54, 1.807) is 33.2 Å². The molecule has 1 heterocycles. The van der Waals surface area contributed by atoms with Crippen LogP contribution >= 0.6 is 0 Å². The topological polar surface area (TPSA) is 90.8 Å². The van der Waals surface area contributed by atoms with E-state index in [4.69, 9.17) is 18.9 Å². The molecule has 1 saturated heterocycles. The van der Waals surface area contributed by atoms with Crippen molar-refractivity contribution in [3.8, 4) is 17.2 Å². The van der Waals surface area contributed by atoms with Crippen LogP contribution in [0.2, 0.25) is 0 Å². The van der Waals surface area contributed by atoms with Gasteiger partial charge >= 0.3 is 6.09 Å². The Bertz CT molecular complexity index is 649. The van der Waals surface area contributed by atoms with Gasteiger partial charge < -0.3 is 29.2 Å². The highest BCUT2D eigenvalue weighted by atomic mass is 16.6. The van der Waals surface area contributed by atoms with Crippen molar-refractivity contribution in [1.29, 1.82) is 0 Å². The van der Waals surface area contributed by atoms with Gasteiger partial charge in [0.05, 0.1) is 54.1 Å². The summed E-state index contributed by atoms with van der Waals surface area (Å²) in [5, 5.41) is 2.92. The minimum atomic E-state index is -0.284. The molecular formula is C19H30N3O6+. The van der Waals surface area contributed by atoms with Crippen molar-refractivity contribution in [2.75, 3.05) is 60.7 Å². The van der Waals surface area contributed by atoms with E-state index in [-0.39, 0.29) is 12.0 Å². The van der Waals surface area contributed by atoms with Gasteiger partial charge in [0.15, 0.2) is 18.0 Å². The van der Waals surface area contributed by atoms with Gasteiger partial charge in [-0.05, 0) is 24.6 Å². The van der Waals surface area contributed by atoms with E-state index in [1.165, 1.54) is 0 Å². The number of amides is 2. The predicted molar refractivity (Wildman–Crippen MR) is 102 cm³/mol. The van der Waals surface area contributed by atoms with Gasteiger partial charge in [0.25, 0.3) is 5.91 Å². The maximum Gasteiger partial charge on any atom is 0.410 e. The number of methoxy groups -OCH3 is 3. The second-order valence-corrected chi connectivity index (χ2v) is 6.42. The van der Waals surface area contributed by atoms with Crippen molar-refractivity contribution < 1.29 is 33.4 Å². The number of hydrogen-bond acceptors (Lipinski definition) is 6. The maximum absolute atomic E-state index is 12.3. The summed E-state index contributed by atoms with van der Waals surface area (Å²) in [4.78, 5) is 26.9. The maximum atomic E-state index is 12.3. The van der Waals surface area contributed by atoms with Crippen molar-refractivity contribution >= 4 is 12.0 Å². The number of carbonyl (C=O) groups excluding carboxylic acids is 2. The Morgan fingerprint density at radius 3 is 2.18 bits per heavy atom. The third kappa shape index (κ3) is 5.66. The van der Waals surface area contributed by atoms with Crippen LogP contribution in [0, 0.1) is 0 Å². The summed E-state index contributed by atoms with van der Waals surface area (Å²) >= 11 is 0. The molecule has 28 heavy (non-hydrogen) atoms. The number of rotatable bonds is 8. The summed E-state index contributed by atoms with van der Waals surface area (Å²) in [6.07, 6.45) is -0.284. The Morgan fingerprint density at radius 1 is 1.07 bits per heavy atom. The number of nitrogens with one attached hydrogen (secondary N) is 2. The van der Waals surface area contributed by atoms with E-state index in [0.29, 0.717) is 50.0 Å². The van der Waals surface area contributed by atoms with Gasteiger partial charge in [-0.1, -0.05) is 0 Å². The lowest BCUT2D eigenvalue weighted by Crippen LogP contribution is -3.15. The highest BCUT2D eigenvalue weighted by Crippen LogP contribution is 2.38. The second kappa shape index (κ2) is 10.6. The Hall–Kier alpha value is -2.68. The summed E-state index contributed by atoms with van der Waals surface area (Å²) in [5.41, 5.74) is 0.852. The molecule has 2 rings (SSSR count). The average Bonchev–Trinajstić information content (AvgIpc) is 2.72. The lowest BCUT2D eigenvalue weighted by molar-refractivity contribution is -0.896. The van der Waals surface area contributed by atoms with Crippen molar-refractivity contribution in [3.63, 3.8) is 0 Å². The minimum Gasteiger partial charge on any atom is -0.493 e. The van der Waals surface area contributed by atoms with Gasteiger partial charge in [0, 0.05) is 6.54 Å². The van der Waals surface area contributed by atoms with Crippen LogP contribution in [0.3, 0.4) is 0 Å². The SMILES string of the molecule is CCOC(=O)N1CC[NH+](CC(=O)NCc2cc(OC)c(OC)c(OC)c2)CC1. The van der Waals surface area contributed by atoms with Crippen LogP contribution in [-0.2, 0) is 16.1 Å². The third-order valence-corrected chi connectivity index (χ3v) is 4.62. The number of nitrogens with zero attached hydrogens (tertiary/aromatic N) is 1. The number of hydrogen-bond donors (Lipinski definition) is 2. The van der Waals surface area contributed by atoms with Gasteiger partial charge in [0.2, 0.25) is 5.75 Å². The number of benzene rings is 1. The van der Waals surface area contributed by atoms with E-state index >= 15 is 0 Å². The predicted octanol–water partition coefficient (Wildman–Crippen LogP) is -0.314. The van der Waals surface area contributed by atoms with E-state index in [9.17, 15) is 9.59 Å². The Kier molecular flexibility index (Phi) is 8.19. The highest BCUT2D eigenvalue weighted by Gasteiger charge is 2.25. The molecule has 9 heteroatoms. The molecule has 2 amide bonds. The average molecular weight is 396 g/mol. The zero-order chi connectivity index (χ0) is 20.5. The summed E-state index contributed by atoms with van der Waals surface area (Å²) in [6.45, 7) is 5.50. The molecule has 0 spiro atoms. The molecule has 0 aliphatic carbocycles. The quantitative estimate of drug-likeness (QED) is 0.626. The van der Waals surface area contributed by atoms with Gasteiger partial charge in [0.1, 0.15) is 0 Å². The standard InChI is InChI=1S/C19H29N3O6/c1-5-28-19(24)22-8-6-21(7-9-22)13-17(23)20-12-14-10-15(25-2)18(27-4)16(11-14)26-3/h10-11H,5-9,12-13H2,1-4H3,(H,20,23)/p+1. The van der Waals surface area contributed by atoms with E-state index in [1.807, 2.05) is 12.1 Å². The van der Waals surface area contributed by atoms with Crippen LogP contribution in [0.25, 0.3) is 0 Å². The van der Waals surface area contributed by atoms with Crippen LogP contribution in [-0.4, -0.2) is 77.6 Å². The third-order valence-electron chi connectivity index (χ3n) is 4.62. The first-order valence-electron chi connectivity index (χ1n) is 9.33. The van der Waals surface area contributed by atoms with Gasteiger partial charge in [-0.2, -0.15) is 0 Å². The summed E-state index contributed by atoms with van der Waals surface area (Å²) in [5.74, 6) is 1.57. The molecule has 1 fully saturated rings. The Morgan fingerprint density at radius 2 is 1.68 bits per heavy atom. The molecule has 1 aliphatic rings. The first-order chi connectivity index (χ1) is 13.5. The van der Waals surface area contributed by atoms with Crippen LogP contribution in [0.4, 0.5) is 4.79 Å². The molecule has 9 nitrogen and oxygen atoms in total. The first kappa shape index (κ1) is 21.6. The monoisotopic (exact) mass is 396 g/mol. The fourth-order valence-corrected chi connectivity index (χ4v) is 3.12. The molecule has 1 aromatic rings. The fraction of sp³-hybridized carbons (Fsp3) is 0.579.